The third-order valence-electron chi connectivity index (χ3n) is 3.76. The van der Waals surface area contributed by atoms with Crippen LogP contribution in [0.2, 0.25) is 0 Å². The number of aliphatic hydroxyl groups is 1. The molecule has 0 aliphatic rings. The SMILES string of the molecule is CC(C)(C)C(=O)CC(Cc1ccccc1)C(=O)N[C@@H](CO)C(=O)O. The highest BCUT2D eigenvalue weighted by Gasteiger charge is 2.30. The molecule has 3 N–H and O–H groups in total. The molecular weight excluding hydrogens is 310 g/mol. The summed E-state index contributed by atoms with van der Waals surface area (Å²) >= 11 is 0. The first-order valence-corrected chi connectivity index (χ1v) is 7.86. The molecule has 1 unspecified atom stereocenters. The molecule has 0 aliphatic carbocycles. The van der Waals surface area contributed by atoms with E-state index < -0.39 is 35.9 Å². The van der Waals surface area contributed by atoms with Crippen LogP contribution >= 0.6 is 0 Å². The Morgan fingerprint density at radius 1 is 1.12 bits per heavy atom. The van der Waals surface area contributed by atoms with Crippen molar-refractivity contribution in [3.8, 4) is 0 Å². The molecule has 0 spiro atoms. The lowest BCUT2D eigenvalue weighted by atomic mass is 9.83. The van der Waals surface area contributed by atoms with Crippen molar-refractivity contribution in [1.82, 2.24) is 5.32 Å². The minimum atomic E-state index is -1.37. The van der Waals surface area contributed by atoms with Gasteiger partial charge >= 0.3 is 5.97 Å². The molecule has 6 heteroatoms. The number of carboxylic acid groups (broad SMARTS) is 1. The summed E-state index contributed by atoms with van der Waals surface area (Å²) < 4.78 is 0. The molecule has 0 bridgehead atoms. The Kier molecular flexibility index (Phi) is 7.10. The van der Waals surface area contributed by atoms with Crippen molar-refractivity contribution in [3.63, 3.8) is 0 Å². The van der Waals surface area contributed by atoms with Gasteiger partial charge in [0.15, 0.2) is 0 Å². The molecule has 0 saturated heterocycles. The monoisotopic (exact) mass is 335 g/mol. The first-order valence-electron chi connectivity index (χ1n) is 7.86. The van der Waals surface area contributed by atoms with Gasteiger partial charge in [-0.25, -0.2) is 4.79 Å². The maximum absolute atomic E-state index is 12.4. The Bertz CT molecular complexity index is 577. The molecule has 1 aromatic carbocycles. The van der Waals surface area contributed by atoms with E-state index in [1.807, 2.05) is 30.3 Å². The van der Waals surface area contributed by atoms with Gasteiger partial charge in [0.25, 0.3) is 0 Å². The summed E-state index contributed by atoms with van der Waals surface area (Å²) in [5.74, 6) is -2.62. The quantitative estimate of drug-likeness (QED) is 0.666. The number of benzene rings is 1. The zero-order chi connectivity index (χ0) is 18.3. The summed E-state index contributed by atoms with van der Waals surface area (Å²) in [5.41, 5.74) is 0.300. The number of carbonyl (C=O) groups excluding carboxylic acids is 2. The van der Waals surface area contributed by atoms with Crippen molar-refractivity contribution in [3.05, 3.63) is 35.9 Å². The van der Waals surface area contributed by atoms with E-state index in [0.717, 1.165) is 5.56 Å². The number of rotatable bonds is 8. The van der Waals surface area contributed by atoms with Crippen molar-refractivity contribution in [2.75, 3.05) is 6.61 Å². The van der Waals surface area contributed by atoms with Crippen LogP contribution in [0, 0.1) is 11.3 Å². The van der Waals surface area contributed by atoms with Crippen LogP contribution in [0.4, 0.5) is 0 Å². The number of carboxylic acids is 1. The predicted octanol–water partition coefficient (Wildman–Crippen LogP) is 1.41. The van der Waals surface area contributed by atoms with Gasteiger partial charge in [-0.3, -0.25) is 9.59 Å². The van der Waals surface area contributed by atoms with Crippen LogP contribution in [0.5, 0.6) is 0 Å². The summed E-state index contributed by atoms with van der Waals surface area (Å²) in [6.45, 7) is 4.63. The molecule has 1 aromatic rings. The maximum atomic E-state index is 12.4. The number of hydrogen-bond acceptors (Lipinski definition) is 4. The standard InChI is InChI=1S/C18H25NO5/c1-18(2,3)15(21)10-13(9-12-7-5-4-6-8-12)16(22)19-14(11-20)17(23)24/h4-8,13-14,20H,9-11H2,1-3H3,(H,19,22)(H,23,24)/t13?,14-/m0/s1. The molecule has 1 amide bonds. The van der Waals surface area contributed by atoms with Crippen LogP contribution in [-0.4, -0.2) is 40.5 Å². The number of nitrogens with one attached hydrogen (secondary N) is 1. The molecule has 0 fully saturated rings. The van der Waals surface area contributed by atoms with Gasteiger partial charge in [0.05, 0.1) is 6.61 Å². The Morgan fingerprint density at radius 3 is 2.17 bits per heavy atom. The Labute approximate surface area is 141 Å². The zero-order valence-electron chi connectivity index (χ0n) is 14.3. The fourth-order valence-corrected chi connectivity index (χ4v) is 2.16. The minimum Gasteiger partial charge on any atom is -0.480 e. The highest BCUT2D eigenvalue weighted by molar-refractivity contribution is 5.91. The van der Waals surface area contributed by atoms with Crippen LogP contribution in [-0.2, 0) is 20.8 Å². The van der Waals surface area contributed by atoms with Crippen LogP contribution in [0.3, 0.4) is 0 Å². The second kappa shape index (κ2) is 8.59. The average Bonchev–Trinajstić information content (AvgIpc) is 2.51. The van der Waals surface area contributed by atoms with Gasteiger partial charge < -0.3 is 15.5 Å². The molecule has 0 aromatic heterocycles. The van der Waals surface area contributed by atoms with Crippen LogP contribution in [0.1, 0.15) is 32.8 Å². The largest absolute Gasteiger partial charge is 0.480 e. The number of amides is 1. The maximum Gasteiger partial charge on any atom is 0.328 e. The highest BCUT2D eigenvalue weighted by Crippen LogP contribution is 2.22. The van der Waals surface area contributed by atoms with E-state index in [-0.39, 0.29) is 12.2 Å². The smallest absolute Gasteiger partial charge is 0.328 e. The zero-order valence-corrected chi connectivity index (χ0v) is 14.3. The number of aliphatic carboxylic acids is 1. The Balaban J connectivity index is 2.93. The van der Waals surface area contributed by atoms with Gasteiger partial charge in [-0.2, -0.15) is 0 Å². The van der Waals surface area contributed by atoms with Gasteiger partial charge in [0.1, 0.15) is 11.8 Å². The molecule has 6 nitrogen and oxygen atoms in total. The van der Waals surface area contributed by atoms with E-state index in [1.54, 1.807) is 20.8 Å². The third kappa shape index (κ3) is 6.12. The number of ketones is 1. The second-order valence-corrected chi connectivity index (χ2v) is 6.85. The summed E-state index contributed by atoms with van der Waals surface area (Å²) in [4.78, 5) is 35.7. The van der Waals surface area contributed by atoms with E-state index in [2.05, 4.69) is 5.32 Å². The molecular formula is C18H25NO5. The van der Waals surface area contributed by atoms with Crippen molar-refractivity contribution in [1.29, 1.82) is 0 Å². The summed E-state index contributed by atoms with van der Waals surface area (Å²) in [7, 11) is 0. The van der Waals surface area contributed by atoms with Crippen molar-refractivity contribution >= 4 is 17.7 Å². The van der Waals surface area contributed by atoms with Crippen LogP contribution in [0.25, 0.3) is 0 Å². The molecule has 24 heavy (non-hydrogen) atoms. The summed E-state index contributed by atoms with van der Waals surface area (Å²) in [6.07, 6.45) is 0.342. The Hall–Kier alpha value is -2.21. The van der Waals surface area contributed by atoms with Gasteiger partial charge in [0.2, 0.25) is 5.91 Å². The number of carbonyl (C=O) groups is 3. The molecule has 1 rings (SSSR count). The number of Topliss-reactive ketones (excluding diaryl/α,β-unsaturated/α-hetero) is 1. The third-order valence-corrected chi connectivity index (χ3v) is 3.76. The number of aliphatic hydroxyl groups excluding tert-OH is 1. The topological polar surface area (TPSA) is 104 Å². The first-order chi connectivity index (χ1) is 11.1. The lowest BCUT2D eigenvalue weighted by Crippen LogP contribution is -2.46. The minimum absolute atomic E-state index is 0.0159. The average molecular weight is 335 g/mol. The molecule has 0 saturated carbocycles. The lowest BCUT2D eigenvalue weighted by Gasteiger charge is -2.23. The molecule has 132 valence electrons. The molecule has 0 radical (unpaired) electrons. The van der Waals surface area contributed by atoms with Gasteiger partial charge in [-0.1, -0.05) is 51.1 Å². The van der Waals surface area contributed by atoms with Crippen molar-refractivity contribution < 1.29 is 24.6 Å². The van der Waals surface area contributed by atoms with E-state index in [1.165, 1.54) is 0 Å². The summed E-state index contributed by atoms with van der Waals surface area (Å²) in [5, 5.41) is 20.3. The fourth-order valence-electron chi connectivity index (χ4n) is 2.16. The fraction of sp³-hybridized carbons (Fsp3) is 0.500. The normalized spacial score (nSPS) is 13.8. The Morgan fingerprint density at radius 2 is 1.71 bits per heavy atom. The van der Waals surface area contributed by atoms with Crippen molar-refractivity contribution in [2.45, 2.75) is 39.7 Å². The van der Waals surface area contributed by atoms with Crippen molar-refractivity contribution in [2.24, 2.45) is 11.3 Å². The highest BCUT2D eigenvalue weighted by atomic mass is 16.4. The van der Waals surface area contributed by atoms with E-state index in [4.69, 9.17) is 10.2 Å². The molecule has 2 atom stereocenters. The van der Waals surface area contributed by atoms with E-state index in [0.29, 0.717) is 6.42 Å². The van der Waals surface area contributed by atoms with Crippen LogP contribution < -0.4 is 5.32 Å². The van der Waals surface area contributed by atoms with E-state index >= 15 is 0 Å². The van der Waals surface area contributed by atoms with Gasteiger partial charge in [-0.15, -0.1) is 0 Å². The summed E-state index contributed by atoms with van der Waals surface area (Å²) in [6, 6.07) is 7.85. The molecule has 0 aliphatic heterocycles. The lowest BCUT2D eigenvalue weighted by molar-refractivity contribution is -0.143. The molecule has 0 heterocycles. The van der Waals surface area contributed by atoms with Gasteiger partial charge in [0, 0.05) is 17.8 Å². The van der Waals surface area contributed by atoms with Gasteiger partial charge in [-0.05, 0) is 12.0 Å². The van der Waals surface area contributed by atoms with Crippen LogP contribution in [0.15, 0.2) is 30.3 Å². The second-order valence-electron chi connectivity index (χ2n) is 6.85. The van der Waals surface area contributed by atoms with E-state index in [9.17, 15) is 14.4 Å². The predicted molar refractivity (Wildman–Crippen MR) is 89.4 cm³/mol. The number of hydrogen-bond donors (Lipinski definition) is 3. The first kappa shape index (κ1) is 19.8.